The predicted octanol–water partition coefficient (Wildman–Crippen LogP) is 3.56. The summed E-state index contributed by atoms with van der Waals surface area (Å²) in [7, 11) is 0. The first-order valence-electron chi connectivity index (χ1n) is 9.03. The maximum absolute atomic E-state index is 12.3. The number of aryl methyl sites for hydroxylation is 1. The molecule has 150 valence electrons. The van der Waals surface area contributed by atoms with Crippen LogP contribution in [0.2, 0.25) is 5.02 Å². The van der Waals surface area contributed by atoms with Gasteiger partial charge in [0.25, 0.3) is 11.4 Å². The fourth-order valence-electron chi connectivity index (χ4n) is 2.69. The van der Waals surface area contributed by atoms with Crippen LogP contribution in [0.1, 0.15) is 5.56 Å². The van der Waals surface area contributed by atoms with Crippen LogP contribution in [0.5, 0.6) is 0 Å². The van der Waals surface area contributed by atoms with Crippen molar-refractivity contribution in [1.29, 1.82) is 0 Å². The van der Waals surface area contributed by atoms with Crippen molar-refractivity contribution in [3.8, 4) is 23.0 Å². The van der Waals surface area contributed by atoms with Crippen LogP contribution in [0, 0.1) is 6.92 Å². The molecule has 9 heteroatoms. The molecule has 0 aliphatic heterocycles. The van der Waals surface area contributed by atoms with E-state index in [1.165, 1.54) is 12.1 Å². The number of nitrogens with zero attached hydrogens (tertiary/aromatic N) is 4. The number of amides is 1. The van der Waals surface area contributed by atoms with E-state index in [1.807, 2.05) is 19.1 Å². The van der Waals surface area contributed by atoms with Crippen LogP contribution in [0.15, 0.2) is 70.0 Å². The van der Waals surface area contributed by atoms with Crippen molar-refractivity contribution < 1.29 is 9.32 Å². The highest BCUT2D eigenvalue weighted by Crippen LogP contribution is 2.21. The summed E-state index contributed by atoms with van der Waals surface area (Å²) in [4.78, 5) is 28.8. The van der Waals surface area contributed by atoms with Crippen molar-refractivity contribution in [2.45, 2.75) is 13.5 Å². The molecule has 0 saturated heterocycles. The summed E-state index contributed by atoms with van der Waals surface area (Å²) in [6.07, 6.45) is 0. The van der Waals surface area contributed by atoms with Crippen LogP contribution >= 0.6 is 11.6 Å². The molecular weight excluding hydrogens is 406 g/mol. The van der Waals surface area contributed by atoms with Gasteiger partial charge in [0.15, 0.2) is 0 Å². The number of rotatable bonds is 5. The summed E-state index contributed by atoms with van der Waals surface area (Å²) in [6, 6.07) is 17.1. The van der Waals surface area contributed by atoms with Crippen LogP contribution in [0.3, 0.4) is 0 Å². The van der Waals surface area contributed by atoms with E-state index in [-0.39, 0.29) is 24.0 Å². The standard InChI is InChI=1S/C21H16ClN5O3/c1-13-2-8-16(9-3-13)23-18(28)12-27-19(29)11-10-17(25-27)21-24-20(26-30-21)14-4-6-15(22)7-5-14/h2-11H,12H2,1H3,(H,23,28). The maximum Gasteiger partial charge on any atom is 0.278 e. The van der Waals surface area contributed by atoms with Crippen molar-refractivity contribution in [3.63, 3.8) is 0 Å². The van der Waals surface area contributed by atoms with Gasteiger partial charge in [-0.1, -0.05) is 34.5 Å². The smallest absolute Gasteiger partial charge is 0.278 e. The number of carbonyl (C=O) groups excluding carboxylic acids is 1. The van der Waals surface area contributed by atoms with Gasteiger partial charge in [0.1, 0.15) is 12.2 Å². The summed E-state index contributed by atoms with van der Waals surface area (Å²) in [5.41, 5.74) is 2.30. The van der Waals surface area contributed by atoms with E-state index in [1.54, 1.807) is 36.4 Å². The van der Waals surface area contributed by atoms with Gasteiger partial charge in [-0.2, -0.15) is 10.1 Å². The van der Waals surface area contributed by atoms with Crippen molar-refractivity contribution in [2.24, 2.45) is 0 Å². The lowest BCUT2D eigenvalue weighted by Gasteiger charge is -2.07. The second-order valence-electron chi connectivity index (χ2n) is 6.56. The number of anilines is 1. The number of nitrogens with one attached hydrogen (secondary N) is 1. The molecule has 30 heavy (non-hydrogen) atoms. The van der Waals surface area contributed by atoms with E-state index in [0.29, 0.717) is 16.5 Å². The monoisotopic (exact) mass is 421 g/mol. The largest absolute Gasteiger partial charge is 0.332 e. The number of halogens is 1. The Morgan fingerprint density at radius 1 is 1.07 bits per heavy atom. The Labute approximate surface area is 176 Å². The molecule has 8 nitrogen and oxygen atoms in total. The number of benzene rings is 2. The van der Waals surface area contributed by atoms with Gasteiger partial charge in [0.05, 0.1) is 0 Å². The van der Waals surface area contributed by atoms with Crippen LogP contribution in [0.25, 0.3) is 23.0 Å². The van der Waals surface area contributed by atoms with Crippen LogP contribution in [-0.4, -0.2) is 25.8 Å². The van der Waals surface area contributed by atoms with Gasteiger partial charge >= 0.3 is 0 Å². The third kappa shape index (κ3) is 4.44. The minimum Gasteiger partial charge on any atom is -0.332 e. The lowest BCUT2D eigenvalue weighted by atomic mass is 10.2. The highest BCUT2D eigenvalue weighted by atomic mass is 35.5. The minimum absolute atomic E-state index is 0.132. The Morgan fingerprint density at radius 2 is 1.80 bits per heavy atom. The van der Waals surface area contributed by atoms with Gasteiger partial charge in [-0.3, -0.25) is 9.59 Å². The molecule has 1 N–H and O–H groups in total. The van der Waals surface area contributed by atoms with E-state index in [0.717, 1.165) is 15.8 Å². The zero-order valence-corrected chi connectivity index (χ0v) is 16.6. The molecule has 0 radical (unpaired) electrons. The van der Waals surface area contributed by atoms with E-state index in [4.69, 9.17) is 16.1 Å². The lowest BCUT2D eigenvalue weighted by Crippen LogP contribution is -2.29. The fraction of sp³-hybridized carbons (Fsp3) is 0.0952. The van der Waals surface area contributed by atoms with Gasteiger partial charge in [0, 0.05) is 22.3 Å². The van der Waals surface area contributed by atoms with Crippen molar-refractivity contribution in [3.05, 3.63) is 81.6 Å². The van der Waals surface area contributed by atoms with Crippen molar-refractivity contribution in [1.82, 2.24) is 19.9 Å². The Hall–Kier alpha value is -3.78. The van der Waals surface area contributed by atoms with Gasteiger partial charge in [-0.15, -0.1) is 0 Å². The first-order valence-corrected chi connectivity index (χ1v) is 9.40. The maximum atomic E-state index is 12.3. The summed E-state index contributed by atoms with van der Waals surface area (Å²) in [5, 5.41) is 11.4. The molecule has 0 bridgehead atoms. The SMILES string of the molecule is Cc1ccc(NC(=O)Cn2nc(-c3nc(-c4ccc(Cl)cc4)no3)ccc2=O)cc1. The van der Waals surface area contributed by atoms with Crippen LogP contribution in [-0.2, 0) is 11.3 Å². The molecule has 4 aromatic rings. The zero-order valence-electron chi connectivity index (χ0n) is 15.9. The normalized spacial score (nSPS) is 10.7. The Balaban J connectivity index is 1.53. The number of aromatic nitrogens is 4. The molecule has 2 heterocycles. The molecule has 2 aromatic carbocycles. The molecule has 1 amide bonds. The van der Waals surface area contributed by atoms with Gasteiger partial charge in [-0.25, -0.2) is 4.68 Å². The fourth-order valence-corrected chi connectivity index (χ4v) is 2.82. The van der Waals surface area contributed by atoms with E-state index in [9.17, 15) is 9.59 Å². The third-order valence-electron chi connectivity index (χ3n) is 4.24. The summed E-state index contributed by atoms with van der Waals surface area (Å²) >= 11 is 5.89. The highest BCUT2D eigenvalue weighted by molar-refractivity contribution is 6.30. The second kappa shape index (κ2) is 8.30. The molecule has 4 rings (SSSR count). The molecule has 0 saturated carbocycles. The average Bonchev–Trinajstić information content (AvgIpc) is 3.22. The summed E-state index contributed by atoms with van der Waals surface area (Å²) in [6.45, 7) is 1.70. The Kier molecular flexibility index (Phi) is 5.40. The average molecular weight is 422 g/mol. The first kappa shape index (κ1) is 19.5. The molecule has 0 fully saturated rings. The topological polar surface area (TPSA) is 103 Å². The third-order valence-corrected chi connectivity index (χ3v) is 4.49. The van der Waals surface area contributed by atoms with E-state index >= 15 is 0 Å². The van der Waals surface area contributed by atoms with Crippen LogP contribution in [0.4, 0.5) is 5.69 Å². The number of hydrogen-bond donors (Lipinski definition) is 1. The van der Waals surface area contributed by atoms with Gasteiger partial charge in [0.2, 0.25) is 11.7 Å². The molecule has 0 unspecified atom stereocenters. The Morgan fingerprint density at radius 3 is 2.53 bits per heavy atom. The zero-order chi connectivity index (χ0) is 21.1. The first-order chi connectivity index (χ1) is 14.5. The molecule has 0 spiro atoms. The number of hydrogen-bond acceptors (Lipinski definition) is 6. The highest BCUT2D eigenvalue weighted by Gasteiger charge is 2.14. The lowest BCUT2D eigenvalue weighted by molar-refractivity contribution is -0.117. The summed E-state index contributed by atoms with van der Waals surface area (Å²) < 4.78 is 6.32. The van der Waals surface area contributed by atoms with Crippen LogP contribution < -0.4 is 10.9 Å². The molecule has 0 aliphatic carbocycles. The quantitative estimate of drug-likeness (QED) is 0.528. The van der Waals surface area contributed by atoms with Gasteiger partial charge < -0.3 is 9.84 Å². The van der Waals surface area contributed by atoms with E-state index in [2.05, 4.69) is 20.6 Å². The second-order valence-corrected chi connectivity index (χ2v) is 7.00. The molecular formula is C21H16ClN5O3. The predicted molar refractivity (Wildman–Crippen MR) is 112 cm³/mol. The minimum atomic E-state index is -0.421. The molecule has 2 aromatic heterocycles. The van der Waals surface area contributed by atoms with E-state index < -0.39 is 5.56 Å². The molecule has 0 aliphatic rings. The van der Waals surface area contributed by atoms with Gasteiger partial charge in [-0.05, 0) is 49.4 Å². The number of carbonyl (C=O) groups is 1. The Bertz CT molecular complexity index is 1250. The molecule has 0 atom stereocenters. The van der Waals surface area contributed by atoms with Crippen molar-refractivity contribution in [2.75, 3.05) is 5.32 Å². The van der Waals surface area contributed by atoms with Crippen molar-refractivity contribution >= 4 is 23.2 Å². The summed E-state index contributed by atoms with van der Waals surface area (Å²) in [5.74, 6) is 0.115.